The SMILES string of the molecule is CCNC(c1cc(Cl)ccc1OC)C1(OC)CCCC1. The van der Waals surface area contributed by atoms with E-state index in [2.05, 4.69) is 12.2 Å². The van der Waals surface area contributed by atoms with Crippen molar-refractivity contribution in [1.29, 1.82) is 0 Å². The van der Waals surface area contributed by atoms with Crippen LogP contribution < -0.4 is 10.1 Å². The molecule has 1 aromatic carbocycles. The Morgan fingerprint density at radius 1 is 1.30 bits per heavy atom. The van der Waals surface area contributed by atoms with Crippen molar-refractivity contribution in [3.8, 4) is 5.75 Å². The fourth-order valence-corrected chi connectivity index (χ4v) is 3.48. The van der Waals surface area contributed by atoms with Crippen LogP contribution in [0.25, 0.3) is 0 Å². The van der Waals surface area contributed by atoms with Crippen LogP contribution in [0.4, 0.5) is 0 Å². The highest BCUT2D eigenvalue weighted by Gasteiger charge is 2.43. The van der Waals surface area contributed by atoms with Crippen LogP contribution in [0.3, 0.4) is 0 Å². The minimum absolute atomic E-state index is 0.105. The number of hydrogen-bond acceptors (Lipinski definition) is 3. The van der Waals surface area contributed by atoms with E-state index < -0.39 is 0 Å². The van der Waals surface area contributed by atoms with Crippen LogP contribution in [0.5, 0.6) is 5.75 Å². The molecule has 0 heterocycles. The summed E-state index contributed by atoms with van der Waals surface area (Å²) in [6, 6.07) is 5.89. The molecule has 4 heteroatoms. The third-order valence-corrected chi connectivity index (χ3v) is 4.53. The first-order chi connectivity index (χ1) is 9.66. The van der Waals surface area contributed by atoms with Gasteiger partial charge in [-0.1, -0.05) is 31.4 Å². The summed E-state index contributed by atoms with van der Waals surface area (Å²) in [5.41, 5.74) is 0.930. The highest BCUT2D eigenvalue weighted by molar-refractivity contribution is 6.30. The molecule has 1 aliphatic rings. The van der Waals surface area contributed by atoms with Crippen LogP contribution in [0.2, 0.25) is 5.02 Å². The van der Waals surface area contributed by atoms with E-state index in [1.165, 1.54) is 12.8 Å². The molecule has 0 radical (unpaired) electrons. The third kappa shape index (κ3) is 2.95. The van der Waals surface area contributed by atoms with Crippen molar-refractivity contribution in [2.45, 2.75) is 44.2 Å². The maximum Gasteiger partial charge on any atom is 0.123 e. The lowest BCUT2D eigenvalue weighted by molar-refractivity contribution is -0.0369. The van der Waals surface area contributed by atoms with Gasteiger partial charge in [-0.15, -0.1) is 0 Å². The zero-order valence-corrected chi connectivity index (χ0v) is 13.3. The molecule has 1 unspecified atom stereocenters. The predicted molar refractivity (Wildman–Crippen MR) is 82.6 cm³/mol. The normalized spacial score (nSPS) is 19.0. The lowest BCUT2D eigenvalue weighted by atomic mass is 9.86. The first kappa shape index (κ1) is 15.6. The minimum Gasteiger partial charge on any atom is -0.496 e. The summed E-state index contributed by atoms with van der Waals surface area (Å²) >= 11 is 6.19. The number of hydrogen-bond donors (Lipinski definition) is 1. The quantitative estimate of drug-likeness (QED) is 0.862. The molecule has 3 nitrogen and oxygen atoms in total. The summed E-state index contributed by atoms with van der Waals surface area (Å²) in [5.74, 6) is 0.865. The Hall–Kier alpha value is -0.770. The lowest BCUT2D eigenvalue weighted by Gasteiger charge is -2.38. The van der Waals surface area contributed by atoms with Gasteiger partial charge in [-0.05, 0) is 37.6 Å². The fourth-order valence-electron chi connectivity index (χ4n) is 3.30. The van der Waals surface area contributed by atoms with E-state index in [1.807, 2.05) is 25.3 Å². The average molecular weight is 298 g/mol. The molecular formula is C16H24ClNO2. The molecule has 1 saturated carbocycles. The van der Waals surface area contributed by atoms with E-state index >= 15 is 0 Å². The van der Waals surface area contributed by atoms with E-state index in [4.69, 9.17) is 21.1 Å². The molecule has 112 valence electrons. The van der Waals surface area contributed by atoms with Crippen LogP contribution in [0.15, 0.2) is 18.2 Å². The fraction of sp³-hybridized carbons (Fsp3) is 0.625. The summed E-state index contributed by atoms with van der Waals surface area (Å²) in [6.45, 7) is 2.99. The molecule has 20 heavy (non-hydrogen) atoms. The van der Waals surface area contributed by atoms with Crippen LogP contribution in [0.1, 0.15) is 44.2 Å². The van der Waals surface area contributed by atoms with Crippen molar-refractivity contribution in [1.82, 2.24) is 5.32 Å². The second-order valence-electron chi connectivity index (χ2n) is 5.35. The van der Waals surface area contributed by atoms with Crippen LogP contribution in [0, 0.1) is 0 Å². The molecule has 2 rings (SSSR count). The first-order valence-corrected chi connectivity index (χ1v) is 7.66. The second-order valence-corrected chi connectivity index (χ2v) is 5.79. The number of likely N-dealkylation sites (N-methyl/N-ethyl adjacent to an activating group) is 1. The largest absolute Gasteiger partial charge is 0.496 e. The smallest absolute Gasteiger partial charge is 0.123 e. The molecule has 0 aliphatic heterocycles. The van der Waals surface area contributed by atoms with Gasteiger partial charge in [-0.25, -0.2) is 0 Å². The Morgan fingerprint density at radius 3 is 2.55 bits per heavy atom. The third-order valence-electron chi connectivity index (χ3n) is 4.29. The predicted octanol–water partition coefficient (Wildman–Crippen LogP) is 3.96. The van der Waals surface area contributed by atoms with E-state index in [1.54, 1.807) is 7.11 Å². The summed E-state index contributed by atoms with van der Waals surface area (Å²) in [7, 11) is 3.51. The van der Waals surface area contributed by atoms with Crippen molar-refractivity contribution in [2.24, 2.45) is 0 Å². The molecule has 1 N–H and O–H groups in total. The summed E-state index contributed by atoms with van der Waals surface area (Å²) in [5, 5.41) is 4.30. The Balaban J connectivity index is 2.44. The van der Waals surface area contributed by atoms with Crippen LogP contribution >= 0.6 is 11.6 Å². The maximum atomic E-state index is 6.19. The van der Waals surface area contributed by atoms with E-state index in [0.29, 0.717) is 0 Å². The van der Waals surface area contributed by atoms with Gasteiger partial charge in [0, 0.05) is 17.7 Å². The maximum absolute atomic E-state index is 6.19. The van der Waals surface area contributed by atoms with Gasteiger partial charge in [-0.2, -0.15) is 0 Å². The van der Waals surface area contributed by atoms with Gasteiger partial charge in [0.1, 0.15) is 5.75 Å². The van der Waals surface area contributed by atoms with Crippen LogP contribution in [-0.4, -0.2) is 26.4 Å². The number of methoxy groups -OCH3 is 2. The molecule has 0 spiro atoms. The van der Waals surface area contributed by atoms with Crippen molar-refractivity contribution in [3.63, 3.8) is 0 Å². The Bertz CT molecular complexity index is 444. The van der Waals surface area contributed by atoms with E-state index in [0.717, 1.165) is 35.7 Å². The van der Waals surface area contributed by atoms with Crippen molar-refractivity contribution in [2.75, 3.05) is 20.8 Å². The van der Waals surface area contributed by atoms with Crippen molar-refractivity contribution in [3.05, 3.63) is 28.8 Å². The van der Waals surface area contributed by atoms with Gasteiger partial charge in [0.15, 0.2) is 0 Å². The van der Waals surface area contributed by atoms with Crippen LogP contribution in [-0.2, 0) is 4.74 Å². The van der Waals surface area contributed by atoms with Gasteiger partial charge < -0.3 is 14.8 Å². The number of benzene rings is 1. The second kappa shape index (κ2) is 6.79. The van der Waals surface area contributed by atoms with E-state index in [-0.39, 0.29) is 11.6 Å². The van der Waals surface area contributed by atoms with Gasteiger partial charge in [0.25, 0.3) is 0 Å². The zero-order chi connectivity index (χ0) is 14.6. The Kier molecular flexibility index (Phi) is 5.30. The molecule has 0 aromatic heterocycles. The Labute approximate surface area is 126 Å². The highest BCUT2D eigenvalue weighted by atomic mass is 35.5. The number of ether oxygens (including phenoxy) is 2. The monoisotopic (exact) mass is 297 g/mol. The lowest BCUT2D eigenvalue weighted by Crippen LogP contribution is -2.43. The van der Waals surface area contributed by atoms with Gasteiger partial charge >= 0.3 is 0 Å². The molecule has 0 saturated heterocycles. The summed E-state index contributed by atoms with van der Waals surface area (Å²) < 4.78 is 11.5. The molecule has 1 aliphatic carbocycles. The van der Waals surface area contributed by atoms with Gasteiger partial charge in [0.05, 0.1) is 18.8 Å². The number of rotatable bonds is 6. The van der Waals surface area contributed by atoms with Gasteiger partial charge in [0.2, 0.25) is 0 Å². The molecule has 1 fully saturated rings. The number of nitrogens with one attached hydrogen (secondary N) is 1. The highest BCUT2D eigenvalue weighted by Crippen LogP contribution is 2.45. The topological polar surface area (TPSA) is 30.5 Å². The minimum atomic E-state index is -0.159. The summed E-state index contributed by atoms with van der Waals surface area (Å²) in [4.78, 5) is 0. The molecule has 0 bridgehead atoms. The molecule has 1 aromatic rings. The van der Waals surface area contributed by atoms with Crippen molar-refractivity contribution < 1.29 is 9.47 Å². The molecule has 0 amide bonds. The Morgan fingerprint density at radius 2 is 2.00 bits per heavy atom. The number of halogens is 1. The van der Waals surface area contributed by atoms with Gasteiger partial charge in [-0.3, -0.25) is 0 Å². The van der Waals surface area contributed by atoms with Crippen molar-refractivity contribution >= 4 is 11.6 Å². The summed E-state index contributed by atoms with van der Waals surface area (Å²) in [6.07, 6.45) is 4.55. The van der Waals surface area contributed by atoms with E-state index in [9.17, 15) is 0 Å². The first-order valence-electron chi connectivity index (χ1n) is 7.29. The standard InChI is InChI=1S/C16H24ClNO2/c1-4-18-15(16(20-3)9-5-6-10-16)13-11-12(17)7-8-14(13)19-2/h7-8,11,15,18H,4-6,9-10H2,1-3H3. The molecular weight excluding hydrogens is 274 g/mol. The molecule has 1 atom stereocenters. The average Bonchev–Trinajstić information content (AvgIpc) is 2.94. The zero-order valence-electron chi connectivity index (χ0n) is 12.5.